The van der Waals surface area contributed by atoms with Crippen molar-refractivity contribution in [3.63, 3.8) is 0 Å². The molecule has 0 saturated heterocycles. The summed E-state index contributed by atoms with van der Waals surface area (Å²) >= 11 is 5.74. The Labute approximate surface area is 95.3 Å². The summed E-state index contributed by atoms with van der Waals surface area (Å²) in [6.07, 6.45) is 2.05. The molecule has 0 saturated carbocycles. The fourth-order valence-corrected chi connectivity index (χ4v) is 1.79. The molecule has 0 bridgehead atoms. The van der Waals surface area contributed by atoms with E-state index in [0.29, 0.717) is 6.16 Å². The first-order valence-electron chi connectivity index (χ1n) is 4.81. The molecular weight excluding hydrogens is 233 g/mol. The summed E-state index contributed by atoms with van der Waals surface area (Å²) < 4.78 is 10.4. The lowest BCUT2D eigenvalue weighted by Crippen LogP contribution is -2.01. The van der Waals surface area contributed by atoms with Gasteiger partial charge in [0.1, 0.15) is 0 Å². The van der Waals surface area contributed by atoms with E-state index in [-0.39, 0.29) is 0 Å². The first-order chi connectivity index (χ1) is 7.18. The zero-order valence-corrected chi connectivity index (χ0v) is 9.97. The minimum absolute atomic E-state index is 0.387. The predicted molar refractivity (Wildman–Crippen MR) is 63.9 cm³/mol. The third-order valence-electron chi connectivity index (χ3n) is 1.95. The van der Waals surface area contributed by atoms with E-state index in [1.165, 1.54) is 0 Å². The average Bonchev–Trinajstić information content (AvgIpc) is 2.20. The van der Waals surface area contributed by atoms with Gasteiger partial charge in [-0.05, 0) is 41.7 Å². The molecule has 0 fully saturated rings. The normalized spacial score (nSPS) is 11.2. The number of hydrogen-bond acceptors (Lipinski definition) is 2. The molecule has 5 heteroatoms. The molecular formula is C10H14ClNO2P+. The second-order valence-corrected chi connectivity index (χ2v) is 4.80. The molecule has 15 heavy (non-hydrogen) atoms. The van der Waals surface area contributed by atoms with Gasteiger partial charge in [-0.2, -0.15) is 4.89 Å². The zero-order chi connectivity index (χ0) is 11.1. The fourth-order valence-electron chi connectivity index (χ4n) is 1.17. The van der Waals surface area contributed by atoms with Crippen LogP contribution in [-0.2, 0) is 4.57 Å². The number of anilines is 1. The van der Waals surface area contributed by atoms with Crippen molar-refractivity contribution in [3.8, 4) is 0 Å². The van der Waals surface area contributed by atoms with Crippen molar-refractivity contribution in [1.82, 2.24) is 0 Å². The van der Waals surface area contributed by atoms with E-state index in [0.717, 1.165) is 30.1 Å². The maximum absolute atomic E-state index is 10.4. The van der Waals surface area contributed by atoms with E-state index in [1.807, 2.05) is 24.3 Å². The molecule has 0 aromatic heterocycles. The molecule has 0 amide bonds. The minimum Gasteiger partial charge on any atom is -0.385 e. The number of unbranched alkanes of at least 4 members (excludes halogenated alkanes) is 1. The molecule has 3 nitrogen and oxygen atoms in total. The number of rotatable bonds is 6. The van der Waals surface area contributed by atoms with E-state index in [1.54, 1.807) is 0 Å². The van der Waals surface area contributed by atoms with Crippen LogP contribution in [0.3, 0.4) is 0 Å². The Morgan fingerprint density at radius 3 is 2.53 bits per heavy atom. The first kappa shape index (κ1) is 12.4. The van der Waals surface area contributed by atoms with Crippen LogP contribution in [0.15, 0.2) is 24.3 Å². The highest BCUT2D eigenvalue weighted by atomic mass is 35.5. The molecule has 0 aliphatic carbocycles. The summed E-state index contributed by atoms with van der Waals surface area (Å²) in [5.41, 5.74) is 1.02. The van der Waals surface area contributed by atoms with Crippen LogP contribution in [0.25, 0.3) is 0 Å². The third-order valence-corrected chi connectivity index (χ3v) is 2.90. The van der Waals surface area contributed by atoms with Crippen LogP contribution in [0, 0.1) is 0 Å². The van der Waals surface area contributed by atoms with Crippen molar-refractivity contribution in [2.75, 3.05) is 18.0 Å². The second-order valence-electron chi connectivity index (χ2n) is 3.22. The van der Waals surface area contributed by atoms with Gasteiger partial charge in [0.15, 0.2) is 6.16 Å². The van der Waals surface area contributed by atoms with Crippen molar-refractivity contribution < 1.29 is 9.46 Å². The van der Waals surface area contributed by atoms with E-state index in [9.17, 15) is 4.57 Å². The summed E-state index contributed by atoms with van der Waals surface area (Å²) in [6.45, 7) is 0.810. The smallest absolute Gasteiger partial charge is 0.385 e. The number of benzene rings is 1. The van der Waals surface area contributed by atoms with E-state index >= 15 is 0 Å². The second kappa shape index (κ2) is 6.78. The van der Waals surface area contributed by atoms with Crippen molar-refractivity contribution in [2.24, 2.45) is 0 Å². The van der Waals surface area contributed by atoms with Crippen LogP contribution in [0.5, 0.6) is 0 Å². The molecule has 82 valence electrons. The molecule has 1 aromatic rings. The lowest BCUT2D eigenvalue weighted by atomic mass is 10.3. The molecule has 1 rings (SSSR count). The first-order valence-corrected chi connectivity index (χ1v) is 6.59. The molecule has 0 aliphatic rings. The Morgan fingerprint density at radius 1 is 1.27 bits per heavy atom. The van der Waals surface area contributed by atoms with E-state index in [4.69, 9.17) is 16.5 Å². The Morgan fingerprint density at radius 2 is 1.93 bits per heavy atom. The van der Waals surface area contributed by atoms with E-state index in [2.05, 4.69) is 5.32 Å². The van der Waals surface area contributed by atoms with Gasteiger partial charge in [-0.25, -0.2) is 0 Å². The lowest BCUT2D eigenvalue weighted by molar-refractivity contribution is 0.500. The van der Waals surface area contributed by atoms with Gasteiger partial charge < -0.3 is 5.32 Å². The summed E-state index contributed by atoms with van der Waals surface area (Å²) in [6, 6.07) is 7.48. The third kappa shape index (κ3) is 5.73. The van der Waals surface area contributed by atoms with Gasteiger partial charge in [-0.15, -0.1) is 0 Å². The summed E-state index contributed by atoms with van der Waals surface area (Å²) in [5.74, 6) is 0. The molecule has 0 spiro atoms. The molecule has 0 aliphatic heterocycles. The highest BCUT2D eigenvalue weighted by Gasteiger charge is 2.07. The average molecular weight is 247 g/mol. The SMILES string of the molecule is O=[P+](O)CCCCNc1ccc(Cl)cc1. The summed E-state index contributed by atoms with van der Waals surface area (Å²) in [5, 5.41) is 3.93. The molecule has 1 atom stereocenters. The zero-order valence-electron chi connectivity index (χ0n) is 8.32. The molecule has 0 heterocycles. The Balaban J connectivity index is 2.15. The van der Waals surface area contributed by atoms with Crippen LogP contribution in [0.1, 0.15) is 12.8 Å². The summed E-state index contributed by atoms with van der Waals surface area (Å²) in [4.78, 5) is 8.57. The van der Waals surface area contributed by atoms with Gasteiger partial charge in [0.05, 0.1) is 0 Å². The standard InChI is InChI=1S/C10H13ClNO2P/c11-9-3-5-10(6-4-9)12-7-1-2-8-15(13)14/h3-6,12H,1-2,7-8H2/p+1. The number of nitrogens with one attached hydrogen (secondary N) is 1. The Hall–Kier alpha value is -0.630. The lowest BCUT2D eigenvalue weighted by Gasteiger charge is -2.04. The van der Waals surface area contributed by atoms with Crippen molar-refractivity contribution >= 4 is 25.3 Å². The Bertz CT molecular complexity index is 316. The maximum Gasteiger partial charge on any atom is 0.505 e. The molecule has 0 radical (unpaired) electrons. The maximum atomic E-state index is 10.4. The quantitative estimate of drug-likeness (QED) is 0.598. The van der Waals surface area contributed by atoms with Crippen LogP contribution < -0.4 is 5.32 Å². The van der Waals surface area contributed by atoms with Gasteiger partial charge >= 0.3 is 8.03 Å². The van der Waals surface area contributed by atoms with Crippen molar-refractivity contribution in [1.29, 1.82) is 0 Å². The van der Waals surface area contributed by atoms with E-state index < -0.39 is 8.03 Å². The number of hydrogen-bond donors (Lipinski definition) is 2. The highest BCUT2D eigenvalue weighted by molar-refractivity contribution is 7.37. The predicted octanol–water partition coefficient (Wildman–Crippen LogP) is 3.27. The monoisotopic (exact) mass is 246 g/mol. The van der Waals surface area contributed by atoms with Crippen molar-refractivity contribution in [3.05, 3.63) is 29.3 Å². The molecule has 1 unspecified atom stereocenters. The van der Waals surface area contributed by atoms with Gasteiger partial charge in [0, 0.05) is 17.3 Å². The van der Waals surface area contributed by atoms with Crippen LogP contribution in [0.4, 0.5) is 5.69 Å². The number of halogens is 1. The molecule has 2 N–H and O–H groups in total. The van der Waals surface area contributed by atoms with Crippen LogP contribution in [-0.4, -0.2) is 17.6 Å². The summed E-state index contributed by atoms with van der Waals surface area (Å²) in [7, 11) is -1.97. The Kier molecular flexibility index (Phi) is 5.62. The molecule has 1 aromatic carbocycles. The highest BCUT2D eigenvalue weighted by Crippen LogP contribution is 2.16. The topological polar surface area (TPSA) is 49.3 Å². The van der Waals surface area contributed by atoms with Crippen LogP contribution in [0.2, 0.25) is 5.02 Å². The van der Waals surface area contributed by atoms with Gasteiger partial charge in [0.25, 0.3) is 0 Å². The minimum atomic E-state index is -1.97. The fraction of sp³-hybridized carbons (Fsp3) is 0.400. The van der Waals surface area contributed by atoms with Gasteiger partial charge in [-0.3, -0.25) is 0 Å². The largest absolute Gasteiger partial charge is 0.505 e. The van der Waals surface area contributed by atoms with Gasteiger partial charge in [0.2, 0.25) is 0 Å². The van der Waals surface area contributed by atoms with Crippen molar-refractivity contribution in [2.45, 2.75) is 12.8 Å². The van der Waals surface area contributed by atoms with Crippen LogP contribution >= 0.6 is 19.6 Å². The van der Waals surface area contributed by atoms with Gasteiger partial charge in [-0.1, -0.05) is 11.6 Å².